The number of likely N-dealkylation sites (tertiary alicyclic amines) is 2. The number of anilines is 1. The molecule has 5 atom stereocenters. The maximum atomic E-state index is 13.2. The van der Waals surface area contributed by atoms with Crippen molar-refractivity contribution in [1.82, 2.24) is 9.80 Å². The Morgan fingerprint density at radius 3 is 2.68 bits per heavy atom. The highest BCUT2D eigenvalue weighted by Gasteiger charge is 2.50. The first-order valence-electron chi connectivity index (χ1n) is 9.67. The van der Waals surface area contributed by atoms with E-state index in [1.165, 1.54) is 12.1 Å². The smallest absolute Gasteiger partial charge is 0.244 e. The molecule has 1 aromatic rings. The van der Waals surface area contributed by atoms with Crippen LogP contribution < -0.4 is 10.6 Å². The fourth-order valence-corrected chi connectivity index (χ4v) is 4.76. The van der Waals surface area contributed by atoms with Crippen molar-refractivity contribution in [3.63, 3.8) is 0 Å². The normalized spacial score (nSPS) is 30.7. The highest BCUT2D eigenvalue weighted by Crippen LogP contribution is 2.35. The minimum absolute atomic E-state index is 0.00364. The monoisotopic (exact) mass is 385 g/mol. The molecule has 7 nitrogen and oxygen atoms in total. The number of nitrogens with zero attached hydrogens (tertiary/aromatic N) is 4. The number of carbonyl (C=O) groups excluding carboxylic acids is 2. The molecule has 4 rings (SSSR count). The number of nitrogens with two attached hydrogens (primary N) is 1. The van der Waals surface area contributed by atoms with Gasteiger partial charge in [0.2, 0.25) is 11.8 Å². The third kappa shape index (κ3) is 3.15. The van der Waals surface area contributed by atoms with Crippen LogP contribution in [0.4, 0.5) is 10.1 Å². The molecule has 2 N–H and O–H groups in total. The Hall–Kier alpha value is -2.50. The summed E-state index contributed by atoms with van der Waals surface area (Å²) in [6, 6.07) is 6.64. The van der Waals surface area contributed by atoms with Gasteiger partial charge in [-0.2, -0.15) is 5.26 Å². The van der Waals surface area contributed by atoms with Crippen molar-refractivity contribution >= 4 is 17.5 Å². The molecule has 8 heteroatoms. The fourth-order valence-electron chi connectivity index (χ4n) is 4.76. The first-order chi connectivity index (χ1) is 13.4. The summed E-state index contributed by atoms with van der Waals surface area (Å²) in [4.78, 5) is 30.8. The molecule has 0 aliphatic carbocycles. The minimum Gasteiger partial charge on any atom is -0.325 e. The summed E-state index contributed by atoms with van der Waals surface area (Å²) < 4.78 is 13.2. The molecule has 4 unspecified atom stereocenters. The van der Waals surface area contributed by atoms with E-state index in [1.54, 1.807) is 21.9 Å². The number of fused-ring (bicyclic) bond motifs is 2. The van der Waals surface area contributed by atoms with Crippen molar-refractivity contribution in [2.45, 2.75) is 43.9 Å². The van der Waals surface area contributed by atoms with E-state index in [-0.39, 0.29) is 35.6 Å². The third-order valence-corrected chi connectivity index (χ3v) is 6.06. The first-order valence-corrected chi connectivity index (χ1v) is 9.67. The van der Waals surface area contributed by atoms with Crippen molar-refractivity contribution in [1.29, 1.82) is 5.26 Å². The summed E-state index contributed by atoms with van der Waals surface area (Å²) in [6.07, 6.45) is 1.35. The van der Waals surface area contributed by atoms with Gasteiger partial charge in [0, 0.05) is 25.3 Å². The van der Waals surface area contributed by atoms with Crippen molar-refractivity contribution in [2.75, 3.05) is 24.5 Å². The number of amides is 2. The molecule has 2 bridgehead atoms. The SMILES string of the molecule is CC1CC(C#N)N(C(=O)C(N)CN2C[C@@H]3CC2C(=O)N3c2ccc(F)cc2)C1. The Morgan fingerprint density at radius 2 is 2.04 bits per heavy atom. The number of nitriles is 1. The van der Waals surface area contributed by atoms with Crippen LogP contribution in [0, 0.1) is 23.1 Å². The van der Waals surface area contributed by atoms with E-state index in [1.807, 2.05) is 11.8 Å². The van der Waals surface area contributed by atoms with E-state index in [0.717, 1.165) is 0 Å². The number of piperazine rings is 1. The van der Waals surface area contributed by atoms with Crippen LogP contribution in [0.3, 0.4) is 0 Å². The molecular weight excluding hydrogens is 361 g/mol. The van der Waals surface area contributed by atoms with Crippen LogP contribution in [0.5, 0.6) is 0 Å². The van der Waals surface area contributed by atoms with E-state index >= 15 is 0 Å². The Labute approximate surface area is 163 Å². The molecule has 2 amide bonds. The molecule has 0 radical (unpaired) electrons. The summed E-state index contributed by atoms with van der Waals surface area (Å²) in [6.45, 7) is 3.50. The lowest BCUT2D eigenvalue weighted by atomic mass is 10.1. The fraction of sp³-hybridized carbons (Fsp3) is 0.550. The van der Waals surface area contributed by atoms with Crippen molar-refractivity contribution in [3.8, 4) is 6.07 Å². The largest absolute Gasteiger partial charge is 0.325 e. The average molecular weight is 385 g/mol. The second kappa shape index (κ2) is 7.15. The van der Waals surface area contributed by atoms with E-state index in [0.29, 0.717) is 38.2 Å². The Morgan fingerprint density at radius 1 is 1.32 bits per heavy atom. The maximum Gasteiger partial charge on any atom is 0.244 e. The van der Waals surface area contributed by atoms with Crippen molar-refractivity contribution in [2.24, 2.45) is 11.7 Å². The van der Waals surface area contributed by atoms with Gasteiger partial charge in [0.05, 0.1) is 24.2 Å². The van der Waals surface area contributed by atoms with Crippen LogP contribution >= 0.6 is 0 Å². The van der Waals surface area contributed by atoms with Crippen LogP contribution in [0.2, 0.25) is 0 Å². The lowest BCUT2D eigenvalue weighted by Crippen LogP contribution is -2.56. The second-order valence-corrected chi connectivity index (χ2v) is 8.13. The van der Waals surface area contributed by atoms with Gasteiger partial charge in [-0.3, -0.25) is 14.5 Å². The summed E-state index contributed by atoms with van der Waals surface area (Å²) in [5.74, 6) is -0.304. The van der Waals surface area contributed by atoms with Gasteiger partial charge in [0.1, 0.15) is 11.9 Å². The van der Waals surface area contributed by atoms with Gasteiger partial charge >= 0.3 is 0 Å². The van der Waals surface area contributed by atoms with Crippen LogP contribution in [-0.4, -0.2) is 65.4 Å². The molecule has 0 aromatic heterocycles. The number of hydrogen-bond donors (Lipinski definition) is 1. The van der Waals surface area contributed by atoms with Crippen molar-refractivity contribution in [3.05, 3.63) is 30.1 Å². The second-order valence-electron chi connectivity index (χ2n) is 8.13. The molecule has 0 spiro atoms. The maximum absolute atomic E-state index is 13.2. The van der Waals surface area contributed by atoms with Gasteiger partial charge in [-0.05, 0) is 43.0 Å². The molecule has 3 saturated heterocycles. The van der Waals surface area contributed by atoms with Gasteiger partial charge in [-0.15, -0.1) is 0 Å². The Bertz CT molecular complexity index is 823. The Kier molecular flexibility index (Phi) is 4.81. The average Bonchev–Trinajstić information content (AvgIpc) is 3.34. The van der Waals surface area contributed by atoms with Gasteiger partial charge in [-0.1, -0.05) is 6.92 Å². The molecule has 3 aliphatic heterocycles. The molecule has 3 heterocycles. The number of carbonyl (C=O) groups is 2. The number of rotatable bonds is 4. The zero-order valence-electron chi connectivity index (χ0n) is 15.8. The summed E-state index contributed by atoms with van der Waals surface area (Å²) in [7, 11) is 0. The van der Waals surface area contributed by atoms with Gasteiger partial charge in [0.25, 0.3) is 0 Å². The van der Waals surface area contributed by atoms with Gasteiger partial charge < -0.3 is 15.5 Å². The predicted molar refractivity (Wildman–Crippen MR) is 101 cm³/mol. The summed E-state index contributed by atoms with van der Waals surface area (Å²) >= 11 is 0. The van der Waals surface area contributed by atoms with Crippen LogP contribution in [0.1, 0.15) is 19.8 Å². The molecule has 28 heavy (non-hydrogen) atoms. The predicted octanol–water partition coefficient (Wildman–Crippen LogP) is 0.703. The molecular formula is C20H24FN5O2. The highest BCUT2D eigenvalue weighted by atomic mass is 19.1. The molecule has 3 aliphatic rings. The lowest BCUT2D eigenvalue weighted by Gasteiger charge is -2.35. The van der Waals surface area contributed by atoms with Gasteiger partial charge in [0.15, 0.2) is 0 Å². The molecule has 148 valence electrons. The lowest BCUT2D eigenvalue weighted by molar-refractivity contribution is -0.134. The topological polar surface area (TPSA) is 93.7 Å². The summed E-state index contributed by atoms with van der Waals surface area (Å²) in [5.41, 5.74) is 6.87. The van der Waals surface area contributed by atoms with E-state index in [2.05, 4.69) is 6.07 Å². The van der Waals surface area contributed by atoms with E-state index < -0.39 is 12.1 Å². The zero-order chi connectivity index (χ0) is 20.0. The quantitative estimate of drug-likeness (QED) is 0.824. The summed E-state index contributed by atoms with van der Waals surface area (Å²) in [5, 5.41) is 9.28. The molecule has 3 fully saturated rings. The van der Waals surface area contributed by atoms with E-state index in [4.69, 9.17) is 5.73 Å². The number of benzene rings is 1. The zero-order valence-corrected chi connectivity index (χ0v) is 15.8. The molecule has 0 saturated carbocycles. The van der Waals surface area contributed by atoms with Crippen molar-refractivity contribution < 1.29 is 14.0 Å². The number of halogens is 1. The van der Waals surface area contributed by atoms with Crippen LogP contribution in [-0.2, 0) is 9.59 Å². The highest BCUT2D eigenvalue weighted by molar-refractivity contribution is 6.01. The third-order valence-electron chi connectivity index (χ3n) is 6.06. The van der Waals surface area contributed by atoms with Crippen LogP contribution in [0.25, 0.3) is 0 Å². The van der Waals surface area contributed by atoms with E-state index in [9.17, 15) is 19.2 Å². The van der Waals surface area contributed by atoms with Gasteiger partial charge in [-0.25, -0.2) is 4.39 Å². The molecule has 1 aromatic carbocycles. The van der Waals surface area contributed by atoms with Crippen LogP contribution in [0.15, 0.2) is 24.3 Å². The Balaban J connectivity index is 1.40. The number of hydrogen-bond acceptors (Lipinski definition) is 5. The first kappa shape index (κ1) is 18.8. The minimum atomic E-state index is -0.757. The standard InChI is InChI=1S/C20H24FN5O2/c1-12-6-15(8-22)25(9-12)19(27)17(23)11-24-10-16-7-18(24)20(28)26(16)14-4-2-13(21)3-5-14/h2-5,12,15-18H,6-7,9-11,23H2,1H3/t12?,15?,16-,17?,18?/m0/s1.